The van der Waals surface area contributed by atoms with Crippen molar-refractivity contribution in [2.75, 3.05) is 12.7 Å². The summed E-state index contributed by atoms with van der Waals surface area (Å²) in [7, 11) is -4.55. The van der Waals surface area contributed by atoms with E-state index in [4.69, 9.17) is 38.6 Å². The van der Waals surface area contributed by atoms with E-state index in [2.05, 4.69) is 5.92 Å². The molecule has 0 radical (unpaired) electrons. The first-order valence-electron chi connectivity index (χ1n) is 12.4. The van der Waals surface area contributed by atoms with E-state index in [-0.39, 0.29) is 5.75 Å². The number of hydrogen-bond donors (Lipinski definition) is 3. The molecule has 1 aliphatic heterocycles. The Morgan fingerprint density at radius 2 is 2.03 bits per heavy atom. The molecule has 14 heteroatoms. The molecule has 4 N–H and O–H groups in total. The normalized spacial score (nSPS) is 26.3. The standard InChI is InChI=1S/C24H29ClN3O9P/c1-15(2)35-21(31)16(3)14-38(33,37-17-7-5-4-6-8-17)34-13-18-20(30)24(26,10-11-25)22(36-18)28-12-9-19(29)27-23(28)32/h4-9,12,15-16,18,20,22,30H,13-14,26H2,1-3H3,(H,27,29,32)/t16-,18-,20+,22-,24?,38+/m1/s1/i13D2. The molecule has 0 saturated carbocycles. The summed E-state index contributed by atoms with van der Waals surface area (Å²) < 4.78 is 53.8. The Hall–Kier alpha value is -2.91. The van der Waals surface area contributed by atoms with Gasteiger partial charge in [-0.15, -0.1) is 0 Å². The first-order valence-corrected chi connectivity index (χ1v) is 13.5. The molecule has 0 bridgehead atoms. The van der Waals surface area contributed by atoms with Gasteiger partial charge < -0.3 is 24.8 Å². The molecule has 0 amide bonds. The number of carbonyl (C=O) groups excluding carboxylic acids is 1. The molecule has 2 heterocycles. The Labute approximate surface area is 226 Å². The number of ether oxygens (including phenoxy) is 2. The van der Waals surface area contributed by atoms with Crippen molar-refractivity contribution in [3.63, 3.8) is 0 Å². The topological polar surface area (TPSA) is 172 Å². The van der Waals surface area contributed by atoms with Crippen molar-refractivity contribution in [2.45, 2.75) is 50.8 Å². The SMILES string of the molecule is [2H]C([2H])(O[P@@](=O)(C[C@@H](C)C(=O)OC(C)C)Oc1ccccc1)[C@H]1O[C@@H](n2ccc(=O)[nH]c2=O)C(N)(C#CCl)[C@H]1O. The van der Waals surface area contributed by atoms with Gasteiger partial charge >= 0.3 is 19.3 Å². The van der Waals surface area contributed by atoms with E-state index in [1.165, 1.54) is 19.1 Å². The van der Waals surface area contributed by atoms with Gasteiger partial charge in [0.15, 0.2) is 11.8 Å². The van der Waals surface area contributed by atoms with Gasteiger partial charge in [0.2, 0.25) is 0 Å². The zero-order valence-electron chi connectivity index (χ0n) is 22.7. The number of aliphatic hydroxyl groups is 1. The van der Waals surface area contributed by atoms with Crippen LogP contribution in [0.3, 0.4) is 0 Å². The monoisotopic (exact) mass is 571 g/mol. The zero-order valence-corrected chi connectivity index (χ0v) is 22.3. The molecule has 1 unspecified atom stereocenters. The van der Waals surface area contributed by atoms with Crippen LogP contribution in [0.2, 0.25) is 0 Å². The third-order valence-electron chi connectivity index (χ3n) is 5.38. The summed E-state index contributed by atoms with van der Waals surface area (Å²) in [5.74, 6) is 0.598. The largest absolute Gasteiger partial charge is 0.463 e. The molecule has 0 spiro atoms. The minimum Gasteiger partial charge on any atom is -0.463 e. The summed E-state index contributed by atoms with van der Waals surface area (Å²) in [6.45, 7) is 1.56. The number of esters is 1. The van der Waals surface area contributed by atoms with Crippen molar-refractivity contribution in [1.29, 1.82) is 0 Å². The summed E-state index contributed by atoms with van der Waals surface area (Å²) in [6, 6.07) is 8.69. The van der Waals surface area contributed by atoms with Crippen LogP contribution in [0.1, 0.15) is 29.7 Å². The van der Waals surface area contributed by atoms with E-state index in [1.807, 2.05) is 10.4 Å². The first kappa shape index (κ1) is 26.7. The van der Waals surface area contributed by atoms with Crippen LogP contribution in [0.5, 0.6) is 5.75 Å². The van der Waals surface area contributed by atoms with Crippen molar-refractivity contribution < 1.29 is 35.7 Å². The lowest BCUT2D eigenvalue weighted by Gasteiger charge is -2.27. The fraction of sp³-hybridized carbons (Fsp3) is 0.458. The number of nitrogens with one attached hydrogen (secondary N) is 1. The van der Waals surface area contributed by atoms with Crippen molar-refractivity contribution in [1.82, 2.24) is 9.55 Å². The van der Waals surface area contributed by atoms with Crippen molar-refractivity contribution >= 4 is 25.2 Å². The van der Waals surface area contributed by atoms with Gasteiger partial charge in [0.1, 0.15) is 18.0 Å². The second-order valence-electron chi connectivity index (χ2n) is 8.82. The minimum atomic E-state index is -4.55. The Balaban J connectivity index is 1.99. The second-order valence-corrected chi connectivity index (χ2v) is 11.0. The highest BCUT2D eigenvalue weighted by atomic mass is 35.5. The third-order valence-corrected chi connectivity index (χ3v) is 7.34. The molecule has 12 nitrogen and oxygen atoms in total. The number of aliphatic hydroxyl groups excluding tert-OH is 1. The third kappa shape index (κ3) is 6.94. The van der Waals surface area contributed by atoms with E-state index in [1.54, 1.807) is 32.0 Å². The van der Waals surface area contributed by atoms with E-state index >= 15 is 0 Å². The number of benzene rings is 1. The average Bonchev–Trinajstić information content (AvgIpc) is 3.10. The second kappa shape index (κ2) is 12.3. The molecular formula is C24H29ClN3O9P. The van der Waals surface area contributed by atoms with Crippen molar-refractivity contribution in [2.24, 2.45) is 11.7 Å². The molecule has 1 aromatic carbocycles. The molecule has 1 aromatic heterocycles. The van der Waals surface area contributed by atoms with Crippen molar-refractivity contribution in [3.8, 4) is 17.0 Å². The van der Waals surface area contributed by atoms with Gasteiger partial charge in [0, 0.05) is 17.6 Å². The molecule has 0 aliphatic carbocycles. The Morgan fingerprint density at radius 1 is 1.34 bits per heavy atom. The number of halogens is 1. The Bertz CT molecular complexity index is 1440. The van der Waals surface area contributed by atoms with E-state index in [0.29, 0.717) is 0 Å². The lowest BCUT2D eigenvalue weighted by atomic mass is 9.92. The summed E-state index contributed by atoms with van der Waals surface area (Å²) in [5, 5.41) is 13.1. The van der Waals surface area contributed by atoms with Crippen LogP contribution in [0.25, 0.3) is 0 Å². The van der Waals surface area contributed by atoms with Gasteiger partial charge in [0.05, 0.1) is 27.5 Å². The van der Waals surface area contributed by atoms with Gasteiger partial charge in [-0.25, -0.2) is 9.36 Å². The predicted molar refractivity (Wildman–Crippen MR) is 138 cm³/mol. The van der Waals surface area contributed by atoms with Gasteiger partial charge in [-0.1, -0.05) is 31.0 Å². The quantitative estimate of drug-likeness (QED) is 0.216. The van der Waals surface area contributed by atoms with Crippen LogP contribution >= 0.6 is 19.2 Å². The highest BCUT2D eigenvalue weighted by molar-refractivity contribution is 7.54. The first-order chi connectivity index (χ1) is 18.6. The number of carbonyl (C=O) groups is 1. The number of aromatic amines is 1. The Morgan fingerprint density at radius 3 is 2.63 bits per heavy atom. The highest BCUT2D eigenvalue weighted by Gasteiger charge is 2.55. The molecule has 1 aliphatic rings. The predicted octanol–water partition coefficient (Wildman–Crippen LogP) is 1.57. The molecule has 2 aromatic rings. The van der Waals surface area contributed by atoms with Gasteiger partial charge in [0.25, 0.3) is 5.56 Å². The van der Waals surface area contributed by atoms with Gasteiger partial charge in [-0.05, 0) is 37.6 Å². The van der Waals surface area contributed by atoms with E-state index in [0.717, 1.165) is 16.8 Å². The summed E-state index contributed by atoms with van der Waals surface area (Å²) in [6.07, 6.45) is -5.74. The summed E-state index contributed by atoms with van der Waals surface area (Å²) in [5.41, 5.74) is 2.36. The van der Waals surface area contributed by atoms with Crippen molar-refractivity contribution in [3.05, 3.63) is 63.4 Å². The maximum absolute atomic E-state index is 14.0. The van der Waals surface area contributed by atoms with E-state index in [9.17, 15) is 24.1 Å². The number of hydrogen-bond acceptors (Lipinski definition) is 10. The number of rotatable bonds is 10. The lowest BCUT2D eigenvalue weighted by Crippen LogP contribution is -2.55. The highest BCUT2D eigenvalue weighted by Crippen LogP contribution is 2.51. The van der Waals surface area contributed by atoms with Crippen LogP contribution < -0.4 is 21.5 Å². The molecular weight excluding hydrogens is 541 g/mol. The maximum Gasteiger partial charge on any atom is 0.380 e. The molecule has 1 saturated heterocycles. The molecule has 1 fully saturated rings. The maximum atomic E-state index is 14.0. The molecule has 206 valence electrons. The minimum absolute atomic E-state index is 0.0535. The average molecular weight is 572 g/mol. The summed E-state index contributed by atoms with van der Waals surface area (Å²) >= 11 is 5.55. The number of nitrogens with two attached hydrogens (primary N) is 1. The fourth-order valence-corrected chi connectivity index (χ4v) is 5.44. The molecule has 38 heavy (non-hydrogen) atoms. The van der Waals surface area contributed by atoms with Gasteiger partial charge in [-0.2, -0.15) is 0 Å². The number of aromatic nitrogens is 2. The molecule has 6 atom stereocenters. The van der Waals surface area contributed by atoms with Crippen LogP contribution in [-0.4, -0.2) is 57.2 Å². The van der Waals surface area contributed by atoms with Crippen LogP contribution in [0.4, 0.5) is 0 Å². The number of nitrogens with zero attached hydrogens (tertiary/aromatic N) is 1. The number of H-pyrrole nitrogens is 1. The van der Waals surface area contributed by atoms with Crippen LogP contribution in [0.15, 0.2) is 52.2 Å². The van der Waals surface area contributed by atoms with E-state index < -0.39 is 73.5 Å². The zero-order chi connectivity index (χ0) is 29.9. The lowest BCUT2D eigenvalue weighted by molar-refractivity contribution is -0.151. The van der Waals surface area contributed by atoms with Crippen LogP contribution in [0, 0.1) is 17.2 Å². The molecule has 3 rings (SSSR count). The summed E-state index contributed by atoms with van der Waals surface area (Å²) in [4.78, 5) is 38.4. The fourth-order valence-electron chi connectivity index (χ4n) is 3.57. The smallest absolute Gasteiger partial charge is 0.380 e. The van der Waals surface area contributed by atoms with Crippen LogP contribution in [-0.2, 0) is 23.4 Å². The Kier molecular flexibility index (Phi) is 8.64. The van der Waals surface area contributed by atoms with Gasteiger partial charge in [-0.3, -0.25) is 23.7 Å². The number of para-hydroxylation sites is 1.